The first kappa shape index (κ1) is 17.7. The number of hydrogen-bond donors (Lipinski definition) is 1. The van der Waals surface area contributed by atoms with Crippen LogP contribution < -0.4 is 10.1 Å². The smallest absolute Gasteiger partial charge is 0.237 e. The number of piperidine rings is 1. The Morgan fingerprint density at radius 2 is 1.85 bits per heavy atom. The number of ether oxygens (including phenoxy) is 1. The molecule has 0 bridgehead atoms. The van der Waals surface area contributed by atoms with E-state index in [9.17, 15) is 4.79 Å². The minimum Gasteiger partial charge on any atom is -0.492 e. The molecule has 2 aliphatic heterocycles. The van der Waals surface area contributed by atoms with Gasteiger partial charge in [0.2, 0.25) is 5.91 Å². The van der Waals surface area contributed by atoms with E-state index in [-0.39, 0.29) is 11.8 Å². The molecule has 0 aliphatic carbocycles. The maximum absolute atomic E-state index is 12.1. The van der Waals surface area contributed by atoms with E-state index in [1.807, 2.05) is 48.5 Å². The van der Waals surface area contributed by atoms with Gasteiger partial charge in [0.15, 0.2) is 0 Å². The van der Waals surface area contributed by atoms with Gasteiger partial charge in [-0.1, -0.05) is 24.6 Å². The minimum atomic E-state index is -0.332. The lowest BCUT2D eigenvalue weighted by Gasteiger charge is -2.26. The number of nitrogens with zero attached hydrogens (tertiary/aromatic N) is 2. The summed E-state index contributed by atoms with van der Waals surface area (Å²) in [6.07, 6.45) is 5.67. The highest BCUT2D eigenvalue weighted by Crippen LogP contribution is 2.31. The van der Waals surface area contributed by atoms with E-state index in [1.54, 1.807) is 6.21 Å². The van der Waals surface area contributed by atoms with Gasteiger partial charge in [0.25, 0.3) is 0 Å². The summed E-state index contributed by atoms with van der Waals surface area (Å²) in [7, 11) is 0. The third-order valence-corrected chi connectivity index (χ3v) is 5.17. The number of anilines is 1. The summed E-state index contributed by atoms with van der Waals surface area (Å²) < 4.78 is 5.85. The lowest BCUT2D eigenvalue weighted by molar-refractivity contribution is -0.115. The normalized spacial score (nSPS) is 19.9. The second-order valence-corrected chi connectivity index (χ2v) is 7.08. The molecule has 2 aliphatic rings. The summed E-state index contributed by atoms with van der Waals surface area (Å²) in [5.41, 5.74) is 2.66. The fourth-order valence-corrected chi connectivity index (χ4v) is 3.65. The molecule has 5 heteroatoms. The Morgan fingerprint density at radius 1 is 1.07 bits per heavy atom. The Morgan fingerprint density at radius 3 is 2.67 bits per heavy atom. The Kier molecular flexibility index (Phi) is 5.49. The molecular weight excluding hydrogens is 338 g/mol. The average Bonchev–Trinajstić information content (AvgIpc) is 3.03. The van der Waals surface area contributed by atoms with Crippen LogP contribution in [0.2, 0.25) is 0 Å². The van der Waals surface area contributed by atoms with Crippen molar-refractivity contribution in [3.8, 4) is 5.75 Å². The Balaban J connectivity index is 1.31. The molecule has 2 heterocycles. The van der Waals surface area contributed by atoms with Crippen LogP contribution >= 0.6 is 0 Å². The van der Waals surface area contributed by atoms with Gasteiger partial charge in [-0.05, 0) is 61.8 Å². The van der Waals surface area contributed by atoms with Crippen molar-refractivity contribution in [1.82, 2.24) is 4.90 Å². The predicted octanol–water partition coefficient (Wildman–Crippen LogP) is 3.99. The monoisotopic (exact) mass is 363 g/mol. The molecule has 2 aromatic rings. The largest absolute Gasteiger partial charge is 0.492 e. The summed E-state index contributed by atoms with van der Waals surface area (Å²) >= 11 is 0. The number of aliphatic imine (C=N–C) groups is 1. The molecule has 0 spiro atoms. The van der Waals surface area contributed by atoms with E-state index in [0.29, 0.717) is 6.61 Å². The van der Waals surface area contributed by atoms with Crippen LogP contribution in [0.3, 0.4) is 0 Å². The third-order valence-electron chi connectivity index (χ3n) is 5.17. The van der Waals surface area contributed by atoms with Crippen molar-refractivity contribution in [3.05, 3.63) is 54.1 Å². The molecular formula is C22H25N3O2. The molecule has 2 aromatic carbocycles. The molecule has 0 aromatic heterocycles. The second-order valence-electron chi connectivity index (χ2n) is 7.08. The molecule has 1 N–H and O–H groups in total. The zero-order chi connectivity index (χ0) is 18.5. The lowest BCUT2D eigenvalue weighted by Crippen LogP contribution is -2.33. The SMILES string of the molecule is O=C1Nc2ccccc2C1C=Nc1ccc(OCCN2CCCCC2)cc1. The molecule has 0 saturated carbocycles. The summed E-state index contributed by atoms with van der Waals surface area (Å²) in [4.78, 5) is 19.1. The first-order valence-corrected chi connectivity index (χ1v) is 9.69. The van der Waals surface area contributed by atoms with E-state index < -0.39 is 0 Å². The fraction of sp³-hybridized carbons (Fsp3) is 0.364. The van der Waals surface area contributed by atoms with Gasteiger partial charge in [-0.3, -0.25) is 14.7 Å². The van der Waals surface area contributed by atoms with Crippen LogP contribution in [0.1, 0.15) is 30.7 Å². The van der Waals surface area contributed by atoms with Gasteiger partial charge in [-0.15, -0.1) is 0 Å². The van der Waals surface area contributed by atoms with Crippen molar-refractivity contribution in [3.63, 3.8) is 0 Å². The number of para-hydroxylation sites is 1. The maximum Gasteiger partial charge on any atom is 0.237 e. The predicted molar refractivity (Wildman–Crippen MR) is 108 cm³/mol. The number of nitrogens with one attached hydrogen (secondary N) is 1. The fourth-order valence-electron chi connectivity index (χ4n) is 3.65. The number of carbonyl (C=O) groups excluding carboxylic acids is 1. The molecule has 1 fully saturated rings. The van der Waals surface area contributed by atoms with E-state index in [0.717, 1.165) is 29.2 Å². The van der Waals surface area contributed by atoms with Crippen LogP contribution in [-0.4, -0.2) is 43.3 Å². The zero-order valence-electron chi connectivity index (χ0n) is 15.4. The highest BCUT2D eigenvalue weighted by molar-refractivity contribution is 6.12. The van der Waals surface area contributed by atoms with Crippen molar-refractivity contribution >= 4 is 23.5 Å². The molecule has 140 valence electrons. The number of rotatable bonds is 6. The molecule has 1 saturated heterocycles. The van der Waals surface area contributed by atoms with Gasteiger partial charge in [-0.2, -0.15) is 0 Å². The number of hydrogen-bond acceptors (Lipinski definition) is 4. The van der Waals surface area contributed by atoms with E-state index in [1.165, 1.54) is 32.4 Å². The molecule has 27 heavy (non-hydrogen) atoms. The van der Waals surface area contributed by atoms with Crippen LogP contribution in [-0.2, 0) is 4.79 Å². The van der Waals surface area contributed by atoms with Crippen LogP contribution in [0.5, 0.6) is 5.75 Å². The molecule has 1 atom stereocenters. The molecule has 5 nitrogen and oxygen atoms in total. The van der Waals surface area contributed by atoms with Gasteiger partial charge in [0, 0.05) is 18.4 Å². The first-order valence-electron chi connectivity index (χ1n) is 9.69. The minimum absolute atomic E-state index is 0.0300. The first-order chi connectivity index (χ1) is 13.3. The van der Waals surface area contributed by atoms with Crippen molar-refractivity contribution < 1.29 is 9.53 Å². The molecule has 0 radical (unpaired) electrons. The van der Waals surface area contributed by atoms with E-state index in [4.69, 9.17) is 4.74 Å². The summed E-state index contributed by atoms with van der Waals surface area (Å²) in [6, 6.07) is 15.5. The van der Waals surface area contributed by atoms with Gasteiger partial charge in [-0.25, -0.2) is 0 Å². The van der Waals surface area contributed by atoms with Crippen molar-refractivity contribution in [2.75, 3.05) is 31.6 Å². The second kappa shape index (κ2) is 8.35. The highest BCUT2D eigenvalue weighted by atomic mass is 16.5. The lowest BCUT2D eigenvalue weighted by atomic mass is 10.0. The van der Waals surface area contributed by atoms with E-state index in [2.05, 4.69) is 15.2 Å². The van der Waals surface area contributed by atoms with Crippen LogP contribution in [0.15, 0.2) is 53.5 Å². The number of benzene rings is 2. The Bertz CT molecular complexity index is 811. The van der Waals surface area contributed by atoms with Crippen molar-refractivity contribution in [2.24, 2.45) is 4.99 Å². The molecule has 4 rings (SSSR count). The molecule has 1 unspecified atom stereocenters. The standard InChI is InChI=1S/C22H25N3O2/c26-22-20(19-6-2-3-7-21(19)24-22)16-23-17-8-10-18(11-9-17)27-15-14-25-12-4-1-5-13-25/h2-3,6-11,16,20H,1,4-5,12-15H2,(H,24,26). The summed E-state index contributed by atoms with van der Waals surface area (Å²) in [5.74, 6) is 0.495. The average molecular weight is 363 g/mol. The Hall–Kier alpha value is -2.66. The topological polar surface area (TPSA) is 53.9 Å². The number of fused-ring (bicyclic) bond motifs is 1. The number of likely N-dealkylation sites (tertiary alicyclic amines) is 1. The van der Waals surface area contributed by atoms with Crippen LogP contribution in [0, 0.1) is 0 Å². The van der Waals surface area contributed by atoms with Gasteiger partial charge in [0.1, 0.15) is 18.3 Å². The van der Waals surface area contributed by atoms with Gasteiger partial charge in [0.05, 0.1) is 5.69 Å². The Labute approximate surface area is 160 Å². The van der Waals surface area contributed by atoms with Crippen molar-refractivity contribution in [1.29, 1.82) is 0 Å². The van der Waals surface area contributed by atoms with Gasteiger partial charge >= 0.3 is 0 Å². The van der Waals surface area contributed by atoms with Crippen molar-refractivity contribution in [2.45, 2.75) is 25.2 Å². The van der Waals surface area contributed by atoms with Crippen LogP contribution in [0.4, 0.5) is 11.4 Å². The number of amides is 1. The number of carbonyl (C=O) groups is 1. The quantitative estimate of drug-likeness (QED) is 0.790. The highest BCUT2D eigenvalue weighted by Gasteiger charge is 2.28. The maximum atomic E-state index is 12.1. The third kappa shape index (κ3) is 4.37. The van der Waals surface area contributed by atoms with Crippen LogP contribution in [0.25, 0.3) is 0 Å². The zero-order valence-corrected chi connectivity index (χ0v) is 15.4. The summed E-state index contributed by atoms with van der Waals surface area (Å²) in [6.45, 7) is 4.07. The molecule has 1 amide bonds. The van der Waals surface area contributed by atoms with Gasteiger partial charge < -0.3 is 10.1 Å². The summed E-state index contributed by atoms with van der Waals surface area (Å²) in [5, 5.41) is 2.89. The van der Waals surface area contributed by atoms with E-state index >= 15 is 0 Å².